The molecule has 0 radical (unpaired) electrons. The Balaban J connectivity index is 2.28. The van der Waals surface area contributed by atoms with Crippen LogP contribution in [0.25, 0.3) is 0 Å². The van der Waals surface area contributed by atoms with E-state index in [4.69, 9.17) is 0 Å². The maximum atomic E-state index is 12.2. The van der Waals surface area contributed by atoms with E-state index in [9.17, 15) is 4.79 Å². The van der Waals surface area contributed by atoms with Crippen molar-refractivity contribution in [2.45, 2.75) is 20.8 Å². The molecule has 0 spiro atoms. The number of aryl methyl sites for hydroxylation is 3. The molecule has 94 valence electrons. The number of carbonyl (C=O) groups is 1. The third-order valence-corrected chi connectivity index (χ3v) is 3.51. The second-order valence-electron chi connectivity index (χ2n) is 4.38. The fraction of sp³-hybridized carbons (Fsp3) is 0.214. The lowest BCUT2D eigenvalue weighted by atomic mass is 10.1. The van der Waals surface area contributed by atoms with Gasteiger partial charge in [0.25, 0.3) is 5.91 Å². The molecular formula is C14H15BrN2O. The summed E-state index contributed by atoms with van der Waals surface area (Å²) in [6, 6.07) is 9.63. The van der Waals surface area contributed by atoms with Crippen LogP contribution in [0.1, 0.15) is 27.3 Å². The standard InChI is InChI=1S/C14H15BrN2O/c1-9-4-7-12(13(15)8-9)14(18)16-17-10(2)5-6-11(17)3/h4-8H,1-3H3,(H,16,18). The molecule has 1 aromatic heterocycles. The van der Waals surface area contributed by atoms with E-state index in [2.05, 4.69) is 21.4 Å². The molecule has 0 aliphatic carbocycles. The van der Waals surface area contributed by atoms with E-state index >= 15 is 0 Å². The lowest BCUT2D eigenvalue weighted by molar-refractivity contribution is 0.101. The highest BCUT2D eigenvalue weighted by atomic mass is 79.9. The van der Waals surface area contributed by atoms with Crippen LogP contribution in [-0.4, -0.2) is 10.6 Å². The molecule has 0 aliphatic rings. The second-order valence-corrected chi connectivity index (χ2v) is 5.23. The zero-order valence-electron chi connectivity index (χ0n) is 10.6. The number of benzene rings is 1. The molecule has 1 N–H and O–H groups in total. The summed E-state index contributed by atoms with van der Waals surface area (Å²) < 4.78 is 2.59. The number of rotatable bonds is 2. The quantitative estimate of drug-likeness (QED) is 0.904. The minimum Gasteiger partial charge on any atom is -0.267 e. The van der Waals surface area contributed by atoms with Gasteiger partial charge in [0.15, 0.2) is 0 Å². The van der Waals surface area contributed by atoms with Crippen LogP contribution in [0.5, 0.6) is 0 Å². The molecule has 0 saturated carbocycles. The van der Waals surface area contributed by atoms with Crippen molar-refractivity contribution in [1.82, 2.24) is 4.68 Å². The fourth-order valence-electron chi connectivity index (χ4n) is 1.81. The third kappa shape index (κ3) is 2.48. The van der Waals surface area contributed by atoms with Gasteiger partial charge in [0.05, 0.1) is 5.56 Å². The van der Waals surface area contributed by atoms with Crippen molar-refractivity contribution in [1.29, 1.82) is 0 Å². The average Bonchev–Trinajstić information content (AvgIpc) is 2.60. The minimum absolute atomic E-state index is 0.121. The summed E-state index contributed by atoms with van der Waals surface area (Å²) in [6.45, 7) is 5.90. The predicted molar refractivity (Wildman–Crippen MR) is 76.5 cm³/mol. The highest BCUT2D eigenvalue weighted by Crippen LogP contribution is 2.18. The first-order valence-corrected chi connectivity index (χ1v) is 6.51. The molecule has 1 aromatic carbocycles. The van der Waals surface area contributed by atoms with Crippen LogP contribution < -0.4 is 5.43 Å². The molecule has 1 heterocycles. The van der Waals surface area contributed by atoms with Crippen molar-refractivity contribution in [3.8, 4) is 0 Å². The van der Waals surface area contributed by atoms with Gasteiger partial charge < -0.3 is 0 Å². The fourth-order valence-corrected chi connectivity index (χ4v) is 2.48. The molecule has 0 aliphatic heterocycles. The van der Waals surface area contributed by atoms with Crippen LogP contribution in [0.4, 0.5) is 0 Å². The zero-order chi connectivity index (χ0) is 13.3. The topological polar surface area (TPSA) is 34.0 Å². The van der Waals surface area contributed by atoms with Crippen LogP contribution >= 0.6 is 15.9 Å². The molecule has 0 unspecified atom stereocenters. The van der Waals surface area contributed by atoms with Crippen molar-refractivity contribution in [3.63, 3.8) is 0 Å². The van der Waals surface area contributed by atoms with E-state index in [1.165, 1.54) is 0 Å². The number of hydrogen-bond acceptors (Lipinski definition) is 1. The molecule has 2 rings (SSSR count). The number of nitrogens with zero attached hydrogens (tertiary/aromatic N) is 1. The van der Waals surface area contributed by atoms with Crippen molar-refractivity contribution < 1.29 is 4.79 Å². The van der Waals surface area contributed by atoms with E-state index in [0.717, 1.165) is 21.4 Å². The van der Waals surface area contributed by atoms with E-state index in [1.54, 1.807) is 4.68 Å². The summed E-state index contributed by atoms with van der Waals surface area (Å²) in [5, 5.41) is 0. The summed E-state index contributed by atoms with van der Waals surface area (Å²) in [5.74, 6) is -0.121. The highest BCUT2D eigenvalue weighted by Gasteiger charge is 2.11. The molecule has 3 nitrogen and oxygen atoms in total. The van der Waals surface area contributed by atoms with Crippen molar-refractivity contribution in [3.05, 3.63) is 57.3 Å². The van der Waals surface area contributed by atoms with E-state index in [0.29, 0.717) is 5.56 Å². The highest BCUT2D eigenvalue weighted by molar-refractivity contribution is 9.10. The van der Waals surface area contributed by atoms with Gasteiger partial charge in [-0.3, -0.25) is 14.9 Å². The van der Waals surface area contributed by atoms with Gasteiger partial charge in [-0.05, 0) is 66.5 Å². The van der Waals surface area contributed by atoms with E-state index < -0.39 is 0 Å². The first-order chi connectivity index (χ1) is 8.49. The summed E-state index contributed by atoms with van der Waals surface area (Å²) in [7, 11) is 0. The Kier molecular flexibility index (Phi) is 3.57. The number of nitrogens with one attached hydrogen (secondary N) is 1. The first-order valence-electron chi connectivity index (χ1n) is 5.71. The normalized spacial score (nSPS) is 10.4. The van der Waals surface area contributed by atoms with Gasteiger partial charge in [0.1, 0.15) is 0 Å². The number of halogens is 1. The van der Waals surface area contributed by atoms with Crippen LogP contribution in [0.3, 0.4) is 0 Å². The average molecular weight is 307 g/mol. The maximum absolute atomic E-state index is 12.2. The molecule has 4 heteroatoms. The van der Waals surface area contributed by atoms with Gasteiger partial charge in [0, 0.05) is 15.9 Å². The summed E-state index contributed by atoms with van der Waals surface area (Å²) in [6.07, 6.45) is 0. The Morgan fingerprint density at radius 1 is 1.11 bits per heavy atom. The number of carbonyl (C=O) groups excluding carboxylic acids is 1. The number of amides is 1. The molecule has 18 heavy (non-hydrogen) atoms. The second kappa shape index (κ2) is 4.98. The van der Waals surface area contributed by atoms with Crippen LogP contribution in [0.2, 0.25) is 0 Å². The Labute approximate surface area is 115 Å². The van der Waals surface area contributed by atoms with Gasteiger partial charge in [0.2, 0.25) is 0 Å². The molecule has 0 fully saturated rings. The SMILES string of the molecule is Cc1ccc(C(=O)Nn2c(C)ccc2C)c(Br)c1. The van der Waals surface area contributed by atoms with Crippen LogP contribution in [0.15, 0.2) is 34.8 Å². The van der Waals surface area contributed by atoms with Gasteiger partial charge in [-0.1, -0.05) is 6.07 Å². The largest absolute Gasteiger partial charge is 0.271 e. The maximum Gasteiger partial charge on any atom is 0.271 e. The molecular weight excluding hydrogens is 292 g/mol. The van der Waals surface area contributed by atoms with Crippen LogP contribution in [-0.2, 0) is 0 Å². The molecule has 1 amide bonds. The Morgan fingerprint density at radius 2 is 1.72 bits per heavy atom. The summed E-state index contributed by atoms with van der Waals surface area (Å²) in [4.78, 5) is 12.2. The predicted octanol–water partition coefficient (Wildman–Crippen LogP) is 3.56. The van der Waals surface area contributed by atoms with Gasteiger partial charge >= 0.3 is 0 Å². The Hall–Kier alpha value is -1.55. The Bertz CT molecular complexity index is 582. The van der Waals surface area contributed by atoms with E-state index in [-0.39, 0.29) is 5.91 Å². The zero-order valence-corrected chi connectivity index (χ0v) is 12.2. The molecule has 0 atom stereocenters. The summed E-state index contributed by atoms with van der Waals surface area (Å²) in [5.41, 5.74) is 6.64. The first kappa shape index (κ1) is 12.9. The van der Waals surface area contributed by atoms with Gasteiger partial charge in [-0.25, -0.2) is 0 Å². The number of aromatic nitrogens is 1. The van der Waals surface area contributed by atoms with E-state index in [1.807, 2.05) is 51.1 Å². The number of hydrogen-bond donors (Lipinski definition) is 1. The van der Waals surface area contributed by atoms with Gasteiger partial charge in [-0.15, -0.1) is 0 Å². The smallest absolute Gasteiger partial charge is 0.267 e. The van der Waals surface area contributed by atoms with Crippen molar-refractivity contribution in [2.24, 2.45) is 0 Å². The monoisotopic (exact) mass is 306 g/mol. The lowest BCUT2D eigenvalue weighted by Crippen LogP contribution is -2.25. The van der Waals surface area contributed by atoms with Crippen LogP contribution in [0, 0.1) is 20.8 Å². The lowest BCUT2D eigenvalue weighted by Gasteiger charge is -2.12. The van der Waals surface area contributed by atoms with Crippen molar-refractivity contribution in [2.75, 3.05) is 5.43 Å². The third-order valence-electron chi connectivity index (χ3n) is 2.85. The molecule has 0 saturated heterocycles. The Morgan fingerprint density at radius 3 is 2.28 bits per heavy atom. The minimum atomic E-state index is -0.121. The van der Waals surface area contributed by atoms with Gasteiger partial charge in [-0.2, -0.15) is 0 Å². The molecule has 0 bridgehead atoms. The molecule has 2 aromatic rings. The van der Waals surface area contributed by atoms with Crippen molar-refractivity contribution >= 4 is 21.8 Å². The summed E-state index contributed by atoms with van der Waals surface area (Å²) >= 11 is 3.42.